The zero-order chi connectivity index (χ0) is 12.7. The Hall–Kier alpha value is -1.31. The van der Waals surface area contributed by atoms with E-state index < -0.39 is 34.7 Å². The first kappa shape index (κ1) is 12.8. The van der Waals surface area contributed by atoms with Crippen LogP contribution in [0.15, 0.2) is 0 Å². The van der Waals surface area contributed by atoms with Crippen molar-refractivity contribution >= 4 is 17.6 Å². The molecule has 0 spiro atoms. The van der Waals surface area contributed by atoms with Gasteiger partial charge in [0.25, 0.3) is 0 Å². The molecule has 1 aromatic rings. The number of halogens is 5. The molecule has 90 valence electrons. The van der Waals surface area contributed by atoms with Crippen molar-refractivity contribution in [3.8, 4) is 0 Å². The van der Waals surface area contributed by atoms with E-state index >= 15 is 0 Å². The zero-order valence-electron chi connectivity index (χ0n) is 7.72. The predicted molar refractivity (Wildman–Crippen MR) is 45.1 cm³/mol. The van der Waals surface area contributed by atoms with Gasteiger partial charge in [0.05, 0.1) is 0 Å². The third-order valence-electron chi connectivity index (χ3n) is 1.74. The van der Waals surface area contributed by atoms with Crippen LogP contribution in [0.1, 0.15) is 22.4 Å². The Balaban J connectivity index is 3.28. The van der Waals surface area contributed by atoms with Crippen LogP contribution in [0.3, 0.4) is 0 Å². The summed E-state index contributed by atoms with van der Waals surface area (Å²) in [4.78, 5) is 10.6. The maximum atomic E-state index is 12.9. The van der Waals surface area contributed by atoms with Gasteiger partial charge < -0.3 is 5.11 Å². The Labute approximate surface area is 91.4 Å². The highest BCUT2D eigenvalue weighted by atomic mass is 35.5. The van der Waals surface area contributed by atoms with Gasteiger partial charge in [-0.1, -0.05) is 11.6 Å². The van der Waals surface area contributed by atoms with Gasteiger partial charge in [0.1, 0.15) is 10.7 Å². The predicted octanol–water partition coefficient (Wildman–Crippen LogP) is 2.34. The highest BCUT2D eigenvalue weighted by Gasteiger charge is 2.45. The van der Waals surface area contributed by atoms with Crippen LogP contribution in [0.5, 0.6) is 0 Å². The van der Waals surface area contributed by atoms with E-state index in [-0.39, 0.29) is 0 Å². The Morgan fingerprint density at radius 2 is 2.06 bits per heavy atom. The molecule has 16 heavy (non-hydrogen) atoms. The lowest BCUT2D eigenvalue weighted by atomic mass is 10.2. The van der Waals surface area contributed by atoms with Gasteiger partial charge in [-0.05, 0) is 0 Å². The Morgan fingerprint density at radius 3 is 2.38 bits per heavy atom. The van der Waals surface area contributed by atoms with E-state index in [1.807, 2.05) is 0 Å². The smallest absolute Gasteiger partial charge is 0.425 e. The molecule has 0 aliphatic rings. The summed E-state index contributed by atoms with van der Waals surface area (Å²) in [6.07, 6.45) is -8.58. The van der Waals surface area contributed by atoms with Crippen LogP contribution in [-0.2, 0) is 7.05 Å². The molecular weight excluding hydrogens is 256 g/mol. The maximum absolute atomic E-state index is 12.9. The second-order valence-corrected chi connectivity index (χ2v) is 3.26. The lowest BCUT2D eigenvalue weighted by molar-refractivity contribution is -0.183. The van der Waals surface area contributed by atoms with E-state index in [0.717, 1.165) is 7.05 Å². The van der Waals surface area contributed by atoms with Crippen molar-refractivity contribution in [2.45, 2.75) is 12.3 Å². The summed E-state index contributed by atoms with van der Waals surface area (Å²) in [5, 5.41) is 10.9. The SMILES string of the molecule is Cn1nc(C(F)C(F)(F)F)c(Cl)c1C(=O)O. The molecule has 1 unspecified atom stereocenters. The summed E-state index contributed by atoms with van der Waals surface area (Å²) >= 11 is 5.32. The highest BCUT2D eigenvalue weighted by molar-refractivity contribution is 6.34. The Kier molecular flexibility index (Phi) is 3.13. The monoisotopic (exact) mass is 260 g/mol. The maximum Gasteiger partial charge on any atom is 0.425 e. The van der Waals surface area contributed by atoms with Gasteiger partial charge in [0.2, 0.25) is 6.17 Å². The second kappa shape index (κ2) is 3.93. The molecule has 9 heteroatoms. The molecule has 1 aromatic heterocycles. The molecule has 1 heterocycles. The number of hydrogen-bond donors (Lipinski definition) is 1. The van der Waals surface area contributed by atoms with Crippen molar-refractivity contribution in [3.63, 3.8) is 0 Å². The number of alkyl halides is 4. The van der Waals surface area contributed by atoms with Crippen molar-refractivity contribution in [1.29, 1.82) is 0 Å². The summed E-state index contributed by atoms with van der Waals surface area (Å²) in [6.45, 7) is 0. The number of rotatable bonds is 2. The van der Waals surface area contributed by atoms with Gasteiger partial charge >= 0.3 is 12.1 Å². The topological polar surface area (TPSA) is 55.1 Å². The summed E-state index contributed by atoms with van der Waals surface area (Å²) in [5.41, 5.74) is -1.84. The van der Waals surface area contributed by atoms with E-state index in [0.29, 0.717) is 4.68 Å². The molecule has 0 fully saturated rings. The van der Waals surface area contributed by atoms with Crippen LogP contribution in [0, 0.1) is 0 Å². The Morgan fingerprint density at radius 1 is 1.56 bits per heavy atom. The number of carbonyl (C=O) groups is 1. The molecule has 0 amide bonds. The van der Waals surface area contributed by atoms with Crippen molar-refractivity contribution in [2.24, 2.45) is 7.05 Å². The molecule has 0 aliphatic carbocycles. The van der Waals surface area contributed by atoms with Crippen LogP contribution in [0.4, 0.5) is 17.6 Å². The lowest BCUT2D eigenvalue weighted by Gasteiger charge is -2.09. The fraction of sp³-hybridized carbons (Fsp3) is 0.429. The van der Waals surface area contributed by atoms with Gasteiger partial charge in [-0.25, -0.2) is 9.18 Å². The van der Waals surface area contributed by atoms with Crippen LogP contribution < -0.4 is 0 Å². The summed E-state index contributed by atoms with van der Waals surface area (Å²) < 4.78 is 49.5. The van der Waals surface area contributed by atoms with E-state index in [2.05, 4.69) is 5.10 Å². The molecule has 4 nitrogen and oxygen atoms in total. The van der Waals surface area contributed by atoms with Crippen molar-refractivity contribution in [3.05, 3.63) is 16.4 Å². The van der Waals surface area contributed by atoms with Crippen molar-refractivity contribution in [1.82, 2.24) is 9.78 Å². The summed E-state index contributed by atoms with van der Waals surface area (Å²) in [7, 11) is 1.06. The largest absolute Gasteiger partial charge is 0.476 e. The molecule has 0 radical (unpaired) electrons. The quantitative estimate of drug-likeness (QED) is 0.831. The number of aryl methyl sites for hydroxylation is 1. The normalized spacial score (nSPS) is 13.9. The van der Waals surface area contributed by atoms with Gasteiger partial charge in [-0.2, -0.15) is 18.3 Å². The lowest BCUT2D eigenvalue weighted by Crippen LogP contribution is -2.17. The fourth-order valence-electron chi connectivity index (χ4n) is 1.07. The molecule has 0 saturated carbocycles. The average molecular weight is 261 g/mol. The van der Waals surface area contributed by atoms with Crippen molar-refractivity contribution in [2.75, 3.05) is 0 Å². The molecule has 0 bridgehead atoms. The van der Waals surface area contributed by atoms with Gasteiger partial charge in [-0.15, -0.1) is 0 Å². The van der Waals surface area contributed by atoms with E-state index in [1.165, 1.54) is 0 Å². The molecule has 0 saturated heterocycles. The standard InChI is InChI=1S/C7H5ClF4N2O2/c1-14-4(6(15)16)2(8)3(13-14)5(9)7(10,11)12/h5H,1H3,(H,15,16). The highest BCUT2D eigenvalue weighted by Crippen LogP contribution is 2.39. The zero-order valence-corrected chi connectivity index (χ0v) is 8.47. The van der Waals surface area contributed by atoms with Gasteiger partial charge in [-0.3, -0.25) is 4.68 Å². The minimum Gasteiger partial charge on any atom is -0.476 e. The van der Waals surface area contributed by atoms with Gasteiger partial charge in [0.15, 0.2) is 5.69 Å². The Bertz CT molecular complexity index is 429. The third kappa shape index (κ3) is 2.11. The van der Waals surface area contributed by atoms with Crippen LogP contribution in [0.25, 0.3) is 0 Å². The van der Waals surface area contributed by atoms with Crippen molar-refractivity contribution < 1.29 is 27.5 Å². The third-order valence-corrected chi connectivity index (χ3v) is 2.12. The number of aromatic nitrogens is 2. The number of nitrogens with zero attached hydrogens (tertiary/aromatic N) is 2. The first-order valence-corrected chi connectivity index (χ1v) is 4.20. The molecule has 1 atom stereocenters. The van der Waals surface area contributed by atoms with Crippen LogP contribution in [-0.4, -0.2) is 27.0 Å². The summed E-state index contributed by atoms with van der Waals surface area (Å²) in [6, 6.07) is 0. The molecular formula is C7H5ClF4N2O2. The summed E-state index contributed by atoms with van der Waals surface area (Å²) in [5.74, 6) is -1.58. The van der Waals surface area contributed by atoms with Crippen LogP contribution in [0.2, 0.25) is 5.02 Å². The number of aromatic carboxylic acids is 1. The van der Waals surface area contributed by atoms with E-state index in [1.54, 1.807) is 0 Å². The number of carboxylic acid groups (broad SMARTS) is 1. The van der Waals surface area contributed by atoms with E-state index in [9.17, 15) is 22.4 Å². The number of carboxylic acids is 1. The molecule has 0 aromatic carbocycles. The number of hydrogen-bond acceptors (Lipinski definition) is 2. The molecule has 0 aliphatic heterocycles. The first-order valence-electron chi connectivity index (χ1n) is 3.82. The van der Waals surface area contributed by atoms with Crippen LogP contribution >= 0.6 is 11.6 Å². The second-order valence-electron chi connectivity index (χ2n) is 2.88. The van der Waals surface area contributed by atoms with E-state index in [4.69, 9.17) is 16.7 Å². The fourth-order valence-corrected chi connectivity index (χ4v) is 1.40. The molecule has 1 N–H and O–H groups in total. The minimum absolute atomic E-state index is 0.582. The first-order chi connectivity index (χ1) is 7.16. The minimum atomic E-state index is -5.17. The average Bonchev–Trinajstić information content (AvgIpc) is 2.38. The van der Waals surface area contributed by atoms with Gasteiger partial charge in [0, 0.05) is 7.05 Å². The molecule has 1 rings (SSSR count).